The number of alkyl halides is 3. The van der Waals surface area contributed by atoms with Gasteiger partial charge in [-0.05, 0) is 19.9 Å². The van der Waals surface area contributed by atoms with E-state index in [-0.39, 0.29) is 0 Å². The lowest BCUT2D eigenvalue weighted by atomic mass is 10.0. The standard InChI is InChI=1S/C11H12F3N3O4/c1-5(10(18)19)6(2)16-7-3-9(11(12,13)14)15-4-8(7)17(20)21/h3-6H,1-2H3,(H,15,16)(H,18,19). The average Bonchev–Trinajstić information content (AvgIpc) is 2.36. The summed E-state index contributed by atoms with van der Waals surface area (Å²) in [4.78, 5) is 23.7. The molecule has 0 spiro atoms. The highest BCUT2D eigenvalue weighted by Crippen LogP contribution is 2.33. The summed E-state index contributed by atoms with van der Waals surface area (Å²) in [6.45, 7) is 2.73. The number of carbonyl (C=O) groups is 1. The summed E-state index contributed by atoms with van der Waals surface area (Å²) >= 11 is 0. The van der Waals surface area contributed by atoms with E-state index in [2.05, 4.69) is 10.3 Å². The lowest BCUT2D eigenvalue weighted by Crippen LogP contribution is -2.30. The van der Waals surface area contributed by atoms with Crippen molar-refractivity contribution in [1.82, 2.24) is 4.98 Å². The lowest BCUT2D eigenvalue weighted by molar-refractivity contribution is -0.384. The first-order valence-electron chi connectivity index (χ1n) is 5.75. The molecule has 0 aliphatic rings. The molecule has 0 saturated carbocycles. The Bertz CT molecular complexity index is 562. The molecule has 2 atom stereocenters. The van der Waals surface area contributed by atoms with Crippen molar-refractivity contribution in [3.8, 4) is 0 Å². The predicted molar refractivity (Wildman–Crippen MR) is 65.8 cm³/mol. The largest absolute Gasteiger partial charge is 0.481 e. The van der Waals surface area contributed by atoms with E-state index < -0.39 is 46.1 Å². The fourth-order valence-electron chi connectivity index (χ4n) is 1.45. The van der Waals surface area contributed by atoms with Crippen LogP contribution in [0.5, 0.6) is 0 Å². The number of nitrogens with one attached hydrogen (secondary N) is 1. The van der Waals surface area contributed by atoms with Crippen LogP contribution in [0.15, 0.2) is 12.3 Å². The summed E-state index contributed by atoms with van der Waals surface area (Å²) in [6, 6.07) is -0.326. The molecule has 2 unspecified atom stereocenters. The summed E-state index contributed by atoms with van der Waals surface area (Å²) < 4.78 is 37.7. The number of pyridine rings is 1. The van der Waals surface area contributed by atoms with Gasteiger partial charge in [-0.15, -0.1) is 0 Å². The van der Waals surface area contributed by atoms with E-state index in [1.807, 2.05) is 0 Å². The molecule has 2 N–H and O–H groups in total. The molecule has 1 rings (SSSR count). The molecule has 1 heterocycles. The number of aromatic nitrogens is 1. The monoisotopic (exact) mass is 307 g/mol. The van der Waals surface area contributed by atoms with Crippen LogP contribution in [0.2, 0.25) is 0 Å². The number of halogens is 3. The fourth-order valence-corrected chi connectivity index (χ4v) is 1.45. The van der Waals surface area contributed by atoms with Gasteiger partial charge in [0, 0.05) is 6.04 Å². The molecule has 1 aromatic heterocycles. The van der Waals surface area contributed by atoms with E-state index in [0.717, 1.165) is 0 Å². The molecule has 7 nitrogen and oxygen atoms in total. The van der Waals surface area contributed by atoms with E-state index in [9.17, 15) is 28.1 Å². The van der Waals surface area contributed by atoms with E-state index in [1.54, 1.807) is 0 Å². The quantitative estimate of drug-likeness (QED) is 0.639. The van der Waals surface area contributed by atoms with Crippen LogP contribution in [0.3, 0.4) is 0 Å². The molecule has 0 aromatic carbocycles. The summed E-state index contributed by atoms with van der Waals surface area (Å²) in [5, 5.41) is 22.0. The minimum Gasteiger partial charge on any atom is -0.481 e. The van der Waals surface area contributed by atoms with Gasteiger partial charge in [0.25, 0.3) is 0 Å². The minimum absolute atomic E-state index is 0.428. The minimum atomic E-state index is -4.76. The molecular formula is C11H12F3N3O4. The van der Waals surface area contributed by atoms with Crippen molar-refractivity contribution in [2.45, 2.75) is 26.1 Å². The molecule has 0 amide bonds. The van der Waals surface area contributed by atoms with Crippen LogP contribution in [0.4, 0.5) is 24.5 Å². The van der Waals surface area contributed by atoms with Crippen molar-refractivity contribution in [2.24, 2.45) is 5.92 Å². The number of nitro groups is 1. The second-order valence-electron chi connectivity index (χ2n) is 4.40. The Morgan fingerprint density at radius 1 is 1.48 bits per heavy atom. The molecular weight excluding hydrogens is 295 g/mol. The Kier molecular flexibility index (Phi) is 4.71. The molecule has 1 aromatic rings. The van der Waals surface area contributed by atoms with Crippen LogP contribution in [-0.4, -0.2) is 27.0 Å². The predicted octanol–water partition coefficient (Wildman–Crippen LogP) is 2.53. The summed E-state index contributed by atoms with van der Waals surface area (Å²) in [5.74, 6) is -2.13. The Labute approximate surface area is 116 Å². The van der Waals surface area contributed by atoms with Crippen LogP contribution in [0, 0.1) is 16.0 Å². The van der Waals surface area contributed by atoms with E-state index in [4.69, 9.17) is 5.11 Å². The normalized spacial score (nSPS) is 14.3. The van der Waals surface area contributed by atoms with E-state index >= 15 is 0 Å². The van der Waals surface area contributed by atoms with Gasteiger partial charge in [-0.2, -0.15) is 13.2 Å². The van der Waals surface area contributed by atoms with Gasteiger partial charge in [-0.1, -0.05) is 0 Å². The number of hydrogen-bond donors (Lipinski definition) is 2. The maximum Gasteiger partial charge on any atom is 0.433 e. The molecule has 21 heavy (non-hydrogen) atoms. The Morgan fingerprint density at radius 3 is 2.48 bits per heavy atom. The van der Waals surface area contributed by atoms with E-state index in [0.29, 0.717) is 12.3 Å². The van der Waals surface area contributed by atoms with Gasteiger partial charge in [0.2, 0.25) is 0 Å². The first kappa shape index (κ1) is 16.7. The van der Waals surface area contributed by atoms with Gasteiger partial charge in [0.1, 0.15) is 17.6 Å². The van der Waals surface area contributed by atoms with Crippen molar-refractivity contribution in [3.63, 3.8) is 0 Å². The number of hydrogen-bond acceptors (Lipinski definition) is 5. The van der Waals surface area contributed by atoms with Gasteiger partial charge < -0.3 is 10.4 Å². The molecule has 10 heteroatoms. The Morgan fingerprint density at radius 2 is 2.05 bits per heavy atom. The number of anilines is 1. The SMILES string of the molecule is CC(Nc1cc(C(F)(F)F)ncc1[N+](=O)[O-])C(C)C(=O)O. The van der Waals surface area contributed by atoms with Crippen LogP contribution in [0.1, 0.15) is 19.5 Å². The second kappa shape index (κ2) is 5.94. The summed E-state index contributed by atoms with van der Waals surface area (Å²) in [5.41, 5.74) is -2.39. The van der Waals surface area contributed by atoms with Crippen LogP contribution in [0.25, 0.3) is 0 Å². The molecule has 0 aliphatic carbocycles. The van der Waals surface area contributed by atoms with Gasteiger partial charge in [-0.25, -0.2) is 4.98 Å². The van der Waals surface area contributed by atoms with Crippen LogP contribution >= 0.6 is 0 Å². The Hall–Kier alpha value is -2.39. The number of carboxylic acid groups (broad SMARTS) is 1. The maximum absolute atomic E-state index is 12.6. The topological polar surface area (TPSA) is 105 Å². The molecule has 0 bridgehead atoms. The number of nitrogens with zero attached hydrogens (tertiary/aromatic N) is 2. The van der Waals surface area contributed by atoms with Gasteiger partial charge in [0.15, 0.2) is 0 Å². The van der Waals surface area contributed by atoms with Crippen molar-refractivity contribution < 1.29 is 28.0 Å². The van der Waals surface area contributed by atoms with Gasteiger partial charge in [0.05, 0.1) is 10.8 Å². The van der Waals surface area contributed by atoms with Crippen molar-refractivity contribution in [2.75, 3.05) is 5.32 Å². The number of rotatable bonds is 5. The number of carboxylic acids is 1. The van der Waals surface area contributed by atoms with Crippen molar-refractivity contribution in [3.05, 3.63) is 28.1 Å². The molecule has 0 aliphatic heterocycles. The highest BCUT2D eigenvalue weighted by atomic mass is 19.4. The van der Waals surface area contributed by atoms with Crippen molar-refractivity contribution in [1.29, 1.82) is 0 Å². The fraction of sp³-hybridized carbons (Fsp3) is 0.455. The molecule has 0 fully saturated rings. The zero-order valence-corrected chi connectivity index (χ0v) is 11.0. The highest BCUT2D eigenvalue weighted by molar-refractivity contribution is 5.72. The van der Waals surface area contributed by atoms with E-state index in [1.165, 1.54) is 13.8 Å². The maximum atomic E-state index is 12.6. The summed E-state index contributed by atoms with van der Waals surface area (Å²) in [6.07, 6.45) is -4.27. The third-order valence-corrected chi connectivity index (χ3v) is 2.89. The zero-order valence-electron chi connectivity index (χ0n) is 11.0. The van der Waals surface area contributed by atoms with Gasteiger partial charge in [-0.3, -0.25) is 14.9 Å². The molecule has 0 saturated heterocycles. The van der Waals surface area contributed by atoms with Crippen LogP contribution < -0.4 is 5.32 Å². The van der Waals surface area contributed by atoms with Gasteiger partial charge >= 0.3 is 17.8 Å². The molecule has 116 valence electrons. The smallest absolute Gasteiger partial charge is 0.433 e. The van der Waals surface area contributed by atoms with Crippen molar-refractivity contribution >= 4 is 17.3 Å². The lowest BCUT2D eigenvalue weighted by Gasteiger charge is -2.19. The first-order chi connectivity index (χ1) is 9.54. The number of aliphatic carboxylic acids is 1. The zero-order chi connectivity index (χ0) is 16.4. The average molecular weight is 307 g/mol. The summed E-state index contributed by atoms with van der Waals surface area (Å²) in [7, 11) is 0. The highest BCUT2D eigenvalue weighted by Gasteiger charge is 2.34. The first-order valence-corrected chi connectivity index (χ1v) is 5.75. The van der Waals surface area contributed by atoms with Crippen LogP contribution in [-0.2, 0) is 11.0 Å². The third-order valence-electron chi connectivity index (χ3n) is 2.89. The Balaban J connectivity index is 3.18. The molecule has 0 radical (unpaired) electrons. The second-order valence-corrected chi connectivity index (χ2v) is 4.40. The third kappa shape index (κ3) is 4.04.